The first-order chi connectivity index (χ1) is 15.7. The second-order valence-electron chi connectivity index (χ2n) is 7.51. The van der Waals surface area contributed by atoms with E-state index in [-0.39, 0.29) is 30.5 Å². The molecule has 0 aliphatic heterocycles. The van der Waals surface area contributed by atoms with Gasteiger partial charge in [0.25, 0.3) is 5.56 Å². The first-order valence-corrected chi connectivity index (χ1v) is 11.2. The van der Waals surface area contributed by atoms with E-state index in [9.17, 15) is 9.59 Å². The predicted octanol–water partition coefficient (Wildman–Crippen LogP) is 5.17. The van der Waals surface area contributed by atoms with E-state index in [1.807, 2.05) is 84.9 Å². The number of aromatic nitrogens is 2. The average Bonchev–Trinajstić information content (AvgIpc) is 3.21. The average molecular weight is 441 g/mol. The first kappa shape index (κ1) is 20.2. The Hall–Kier alpha value is -3.77. The number of hydrogen-bond acceptors (Lipinski definition) is 5. The summed E-state index contributed by atoms with van der Waals surface area (Å²) >= 11 is 1.44. The SMILES string of the molecule is O=C(CC(c1ccccc1)c1ccccc1)OCc1cc(=O)n2c(n1)sc1ccccc12. The number of para-hydroxylation sites is 1. The summed E-state index contributed by atoms with van der Waals surface area (Å²) in [5.74, 6) is -0.436. The molecular weight excluding hydrogens is 420 g/mol. The number of carbonyl (C=O) groups is 1. The third-order valence-corrected chi connectivity index (χ3v) is 6.43. The standard InChI is InChI=1S/C26H20N2O3S/c29-24-15-20(27-26-28(24)22-13-7-8-14-23(22)32-26)17-31-25(30)16-21(18-9-3-1-4-10-18)19-11-5-2-6-12-19/h1-15,21H,16-17H2. The first-order valence-electron chi connectivity index (χ1n) is 10.3. The van der Waals surface area contributed by atoms with Crippen molar-refractivity contribution < 1.29 is 9.53 Å². The van der Waals surface area contributed by atoms with Crippen molar-refractivity contribution in [3.63, 3.8) is 0 Å². The van der Waals surface area contributed by atoms with Gasteiger partial charge in [0.05, 0.1) is 22.3 Å². The van der Waals surface area contributed by atoms with Crippen LogP contribution in [0.5, 0.6) is 0 Å². The zero-order valence-electron chi connectivity index (χ0n) is 17.2. The van der Waals surface area contributed by atoms with Gasteiger partial charge < -0.3 is 4.74 Å². The molecule has 0 aliphatic carbocycles. The second-order valence-corrected chi connectivity index (χ2v) is 8.52. The number of rotatable bonds is 6. The summed E-state index contributed by atoms with van der Waals surface area (Å²) in [6.45, 7) is -0.0326. The highest BCUT2D eigenvalue weighted by Crippen LogP contribution is 2.28. The van der Waals surface area contributed by atoms with Crippen LogP contribution in [0.2, 0.25) is 0 Å². The van der Waals surface area contributed by atoms with Crippen molar-refractivity contribution in [2.24, 2.45) is 0 Å². The number of fused-ring (bicyclic) bond motifs is 3. The molecule has 158 valence electrons. The Bertz CT molecular complexity index is 1400. The van der Waals surface area contributed by atoms with Crippen LogP contribution in [0.4, 0.5) is 0 Å². The van der Waals surface area contributed by atoms with Gasteiger partial charge in [0.15, 0.2) is 4.96 Å². The summed E-state index contributed by atoms with van der Waals surface area (Å²) in [7, 11) is 0. The Balaban J connectivity index is 1.35. The summed E-state index contributed by atoms with van der Waals surface area (Å²) in [6, 6.07) is 29.0. The maximum absolute atomic E-state index is 12.7. The molecule has 3 aromatic carbocycles. The lowest BCUT2D eigenvalue weighted by molar-refractivity contribution is -0.145. The number of thiazole rings is 1. The lowest BCUT2D eigenvalue weighted by atomic mass is 9.89. The fourth-order valence-electron chi connectivity index (χ4n) is 3.88. The smallest absolute Gasteiger partial charge is 0.307 e. The molecule has 0 unspecified atom stereocenters. The number of benzene rings is 3. The van der Waals surface area contributed by atoms with Crippen molar-refractivity contribution in [1.82, 2.24) is 9.38 Å². The Morgan fingerprint density at radius 3 is 2.22 bits per heavy atom. The molecule has 0 bridgehead atoms. The third-order valence-electron chi connectivity index (χ3n) is 5.40. The van der Waals surface area contributed by atoms with Crippen LogP contribution in [0.25, 0.3) is 15.2 Å². The topological polar surface area (TPSA) is 60.7 Å². The summed E-state index contributed by atoms with van der Waals surface area (Å²) in [6.07, 6.45) is 0.206. The molecule has 0 amide bonds. The van der Waals surface area contributed by atoms with Gasteiger partial charge in [-0.15, -0.1) is 0 Å². The van der Waals surface area contributed by atoms with Crippen LogP contribution >= 0.6 is 11.3 Å². The summed E-state index contributed by atoms with van der Waals surface area (Å²) in [5.41, 5.74) is 3.22. The van der Waals surface area contributed by atoms with Gasteiger partial charge in [-0.2, -0.15) is 0 Å². The fraction of sp³-hybridized carbons (Fsp3) is 0.115. The molecule has 0 saturated heterocycles. The highest BCUT2D eigenvalue weighted by atomic mass is 32.1. The normalized spacial score (nSPS) is 11.3. The van der Waals surface area contributed by atoms with E-state index in [0.717, 1.165) is 21.3 Å². The van der Waals surface area contributed by atoms with Gasteiger partial charge in [-0.25, -0.2) is 4.98 Å². The molecule has 2 aromatic heterocycles. The number of nitrogens with zero attached hydrogens (tertiary/aromatic N) is 2. The number of hydrogen-bond donors (Lipinski definition) is 0. The zero-order chi connectivity index (χ0) is 21.9. The van der Waals surface area contributed by atoms with Gasteiger partial charge >= 0.3 is 5.97 Å². The molecule has 0 radical (unpaired) electrons. The second kappa shape index (κ2) is 8.77. The minimum Gasteiger partial charge on any atom is -0.459 e. The van der Waals surface area contributed by atoms with E-state index in [0.29, 0.717) is 10.7 Å². The quantitative estimate of drug-likeness (QED) is 0.342. The molecule has 5 rings (SSSR count). The maximum atomic E-state index is 12.7. The Labute approximate surface area is 188 Å². The van der Waals surface area contributed by atoms with Crippen LogP contribution < -0.4 is 5.56 Å². The van der Waals surface area contributed by atoms with Crippen molar-refractivity contribution >= 4 is 32.5 Å². The molecule has 5 nitrogen and oxygen atoms in total. The van der Waals surface area contributed by atoms with Crippen molar-refractivity contribution in [3.05, 3.63) is 118 Å². The predicted molar refractivity (Wildman–Crippen MR) is 126 cm³/mol. The van der Waals surface area contributed by atoms with Gasteiger partial charge in [-0.3, -0.25) is 14.0 Å². The van der Waals surface area contributed by atoms with Crippen molar-refractivity contribution in [3.8, 4) is 0 Å². The highest BCUT2D eigenvalue weighted by molar-refractivity contribution is 7.23. The van der Waals surface area contributed by atoms with E-state index in [1.165, 1.54) is 17.4 Å². The van der Waals surface area contributed by atoms with Gasteiger partial charge in [0.2, 0.25) is 0 Å². The lowest BCUT2D eigenvalue weighted by Crippen LogP contribution is -2.16. The van der Waals surface area contributed by atoms with E-state index in [1.54, 1.807) is 4.40 Å². The molecule has 5 aromatic rings. The fourth-order valence-corrected chi connectivity index (χ4v) is 4.93. The number of ether oxygens (including phenoxy) is 1. The Kier molecular flexibility index (Phi) is 5.52. The van der Waals surface area contributed by atoms with Gasteiger partial charge in [0, 0.05) is 12.0 Å². The Morgan fingerprint density at radius 1 is 0.906 bits per heavy atom. The molecule has 0 saturated carbocycles. The van der Waals surface area contributed by atoms with Crippen molar-refractivity contribution in [2.45, 2.75) is 18.9 Å². The van der Waals surface area contributed by atoms with Crippen LogP contribution in [0.3, 0.4) is 0 Å². The van der Waals surface area contributed by atoms with Crippen LogP contribution in [-0.4, -0.2) is 15.4 Å². The molecule has 0 aliphatic rings. The minimum absolute atomic E-state index is 0.0326. The van der Waals surface area contributed by atoms with Gasteiger partial charge in [0.1, 0.15) is 6.61 Å². The molecular formula is C26H20N2O3S. The van der Waals surface area contributed by atoms with Crippen LogP contribution in [0.15, 0.2) is 95.8 Å². The van der Waals surface area contributed by atoms with Gasteiger partial charge in [-0.05, 0) is 23.3 Å². The summed E-state index contributed by atoms with van der Waals surface area (Å²) in [4.78, 5) is 30.5. The van der Waals surface area contributed by atoms with Gasteiger partial charge in [-0.1, -0.05) is 84.1 Å². The van der Waals surface area contributed by atoms with Crippen LogP contribution in [-0.2, 0) is 16.1 Å². The number of esters is 1. The third kappa shape index (κ3) is 4.05. The summed E-state index contributed by atoms with van der Waals surface area (Å²) < 4.78 is 8.11. The highest BCUT2D eigenvalue weighted by Gasteiger charge is 2.19. The van der Waals surface area contributed by atoms with Crippen molar-refractivity contribution in [1.29, 1.82) is 0 Å². The summed E-state index contributed by atoms with van der Waals surface area (Å²) in [5, 5.41) is 0. The molecule has 0 spiro atoms. The Morgan fingerprint density at radius 2 is 1.53 bits per heavy atom. The molecule has 6 heteroatoms. The van der Waals surface area contributed by atoms with Crippen LogP contribution in [0.1, 0.15) is 29.2 Å². The number of carbonyl (C=O) groups excluding carboxylic acids is 1. The molecule has 32 heavy (non-hydrogen) atoms. The largest absolute Gasteiger partial charge is 0.459 e. The van der Waals surface area contributed by atoms with E-state index < -0.39 is 0 Å². The van der Waals surface area contributed by atoms with E-state index >= 15 is 0 Å². The monoisotopic (exact) mass is 440 g/mol. The van der Waals surface area contributed by atoms with E-state index in [2.05, 4.69) is 4.98 Å². The maximum Gasteiger partial charge on any atom is 0.307 e. The molecule has 0 atom stereocenters. The molecule has 0 N–H and O–H groups in total. The minimum atomic E-state index is -0.332. The molecule has 0 fully saturated rings. The molecule has 2 heterocycles. The lowest BCUT2D eigenvalue weighted by Gasteiger charge is -2.17. The van der Waals surface area contributed by atoms with Crippen LogP contribution in [0, 0.1) is 0 Å². The van der Waals surface area contributed by atoms with Crippen molar-refractivity contribution in [2.75, 3.05) is 0 Å². The zero-order valence-corrected chi connectivity index (χ0v) is 18.0. The van der Waals surface area contributed by atoms with E-state index in [4.69, 9.17) is 4.74 Å².